The Morgan fingerprint density at radius 1 is 1.07 bits per heavy atom. The number of halogens is 1. The summed E-state index contributed by atoms with van der Waals surface area (Å²) in [5.74, 6) is 1.23. The number of hydrogen-bond donors (Lipinski definition) is 0. The van der Waals surface area contributed by atoms with Gasteiger partial charge in [-0.25, -0.2) is 9.37 Å². The van der Waals surface area contributed by atoms with Crippen LogP contribution in [-0.4, -0.2) is 39.8 Å². The molecule has 0 fully saturated rings. The van der Waals surface area contributed by atoms with Crippen LogP contribution >= 0.6 is 0 Å². The number of benzene rings is 2. The van der Waals surface area contributed by atoms with Crippen molar-refractivity contribution in [3.63, 3.8) is 0 Å². The zero-order valence-electron chi connectivity index (χ0n) is 14.8. The first-order chi connectivity index (χ1) is 13.2. The molecule has 6 nitrogen and oxygen atoms in total. The molecule has 0 radical (unpaired) electrons. The maximum absolute atomic E-state index is 13.7. The molecule has 0 aliphatic heterocycles. The van der Waals surface area contributed by atoms with Gasteiger partial charge >= 0.3 is 0 Å². The molecule has 0 atom stereocenters. The predicted octanol–water partition coefficient (Wildman–Crippen LogP) is 3.45. The summed E-state index contributed by atoms with van der Waals surface area (Å²) in [6.45, 7) is 0.873. The van der Waals surface area contributed by atoms with E-state index in [0.29, 0.717) is 18.9 Å². The summed E-state index contributed by atoms with van der Waals surface area (Å²) >= 11 is 0. The van der Waals surface area contributed by atoms with Crippen molar-refractivity contribution in [2.75, 3.05) is 25.1 Å². The van der Waals surface area contributed by atoms with Crippen molar-refractivity contribution in [1.82, 2.24) is 19.6 Å². The van der Waals surface area contributed by atoms with Gasteiger partial charge < -0.3 is 9.64 Å². The molecular formula is C20H18FN5O. The minimum atomic E-state index is -0.367. The van der Waals surface area contributed by atoms with Gasteiger partial charge in [0.05, 0.1) is 12.2 Å². The van der Waals surface area contributed by atoms with Crippen molar-refractivity contribution in [3.8, 4) is 17.0 Å². The normalized spacial score (nSPS) is 10.9. The van der Waals surface area contributed by atoms with Crippen molar-refractivity contribution in [3.05, 3.63) is 72.8 Å². The summed E-state index contributed by atoms with van der Waals surface area (Å²) in [7, 11) is 1.93. The smallest absolute Gasteiger partial charge is 0.254 e. The Balaban J connectivity index is 1.57. The summed E-state index contributed by atoms with van der Waals surface area (Å²) in [5.41, 5.74) is 1.81. The number of nitrogens with zero attached hydrogens (tertiary/aromatic N) is 5. The average Bonchev–Trinajstić information content (AvgIpc) is 3.18. The molecule has 7 heteroatoms. The van der Waals surface area contributed by atoms with Crippen LogP contribution < -0.4 is 9.64 Å². The number of anilines is 1. The summed E-state index contributed by atoms with van der Waals surface area (Å²) in [6.07, 6.45) is 1.48. The monoisotopic (exact) mass is 363 g/mol. The highest BCUT2D eigenvalue weighted by molar-refractivity contribution is 5.65. The largest absolute Gasteiger partial charge is 0.489 e. The van der Waals surface area contributed by atoms with E-state index >= 15 is 0 Å². The van der Waals surface area contributed by atoms with E-state index in [1.165, 1.54) is 12.4 Å². The van der Waals surface area contributed by atoms with Gasteiger partial charge in [0.2, 0.25) is 0 Å². The van der Waals surface area contributed by atoms with E-state index in [0.717, 1.165) is 17.1 Å². The van der Waals surface area contributed by atoms with E-state index in [1.54, 1.807) is 22.7 Å². The van der Waals surface area contributed by atoms with Crippen molar-refractivity contribution in [2.24, 2.45) is 0 Å². The van der Waals surface area contributed by atoms with Gasteiger partial charge in [0.15, 0.2) is 11.6 Å². The van der Waals surface area contributed by atoms with Gasteiger partial charge in [0, 0.05) is 18.7 Å². The molecule has 0 bridgehead atoms. The van der Waals surface area contributed by atoms with Crippen LogP contribution in [0.5, 0.6) is 5.75 Å². The topological polar surface area (TPSA) is 55.5 Å². The van der Waals surface area contributed by atoms with Crippen LogP contribution in [0.2, 0.25) is 0 Å². The molecule has 2 aromatic heterocycles. The Morgan fingerprint density at radius 3 is 2.67 bits per heavy atom. The van der Waals surface area contributed by atoms with Gasteiger partial charge in [0.25, 0.3) is 5.78 Å². The molecule has 2 aromatic carbocycles. The molecule has 0 saturated heterocycles. The number of rotatable bonds is 6. The highest BCUT2D eigenvalue weighted by atomic mass is 19.1. The molecule has 4 rings (SSSR count). The number of likely N-dealkylation sites (N-methyl/N-ethyl adjacent to an activating group) is 1. The van der Waals surface area contributed by atoms with Crippen molar-refractivity contribution < 1.29 is 9.13 Å². The number of aromatic nitrogens is 4. The lowest BCUT2D eigenvalue weighted by Gasteiger charge is -2.20. The van der Waals surface area contributed by atoms with Gasteiger partial charge in [-0.2, -0.15) is 14.6 Å². The van der Waals surface area contributed by atoms with E-state index in [4.69, 9.17) is 4.74 Å². The molecule has 2 heterocycles. The molecule has 0 N–H and O–H groups in total. The number of hydrogen-bond acceptors (Lipinski definition) is 5. The van der Waals surface area contributed by atoms with Gasteiger partial charge in [-0.05, 0) is 12.1 Å². The third-order valence-electron chi connectivity index (χ3n) is 4.21. The Kier molecular flexibility index (Phi) is 4.65. The van der Waals surface area contributed by atoms with Crippen molar-refractivity contribution in [1.29, 1.82) is 0 Å². The van der Waals surface area contributed by atoms with Crippen molar-refractivity contribution in [2.45, 2.75) is 0 Å². The highest BCUT2D eigenvalue weighted by Crippen LogP contribution is 2.23. The van der Waals surface area contributed by atoms with E-state index in [1.807, 2.05) is 48.3 Å². The quantitative estimate of drug-likeness (QED) is 0.525. The third kappa shape index (κ3) is 3.57. The van der Waals surface area contributed by atoms with Crippen LogP contribution in [0.3, 0.4) is 0 Å². The highest BCUT2D eigenvalue weighted by Gasteiger charge is 2.13. The second kappa shape index (κ2) is 7.41. The molecule has 0 aliphatic rings. The van der Waals surface area contributed by atoms with E-state index < -0.39 is 0 Å². The molecular weight excluding hydrogens is 345 g/mol. The molecule has 0 unspecified atom stereocenters. The first-order valence-corrected chi connectivity index (χ1v) is 8.57. The van der Waals surface area contributed by atoms with Crippen LogP contribution in [0.1, 0.15) is 0 Å². The Morgan fingerprint density at radius 2 is 1.85 bits per heavy atom. The lowest BCUT2D eigenvalue weighted by atomic mass is 10.1. The first kappa shape index (κ1) is 17.0. The summed E-state index contributed by atoms with van der Waals surface area (Å²) < 4.78 is 20.9. The zero-order chi connectivity index (χ0) is 18.6. The molecule has 0 aliphatic carbocycles. The Labute approximate surface area is 155 Å². The fourth-order valence-corrected chi connectivity index (χ4v) is 2.79. The van der Waals surface area contributed by atoms with Crippen LogP contribution in [0.25, 0.3) is 17.0 Å². The minimum Gasteiger partial charge on any atom is -0.489 e. The number of ether oxygens (including phenoxy) is 1. The third-order valence-corrected chi connectivity index (χ3v) is 4.21. The maximum atomic E-state index is 13.7. The van der Waals surface area contributed by atoms with E-state index in [2.05, 4.69) is 15.1 Å². The molecule has 0 spiro atoms. The summed E-state index contributed by atoms with van der Waals surface area (Å²) in [4.78, 5) is 10.8. The second-order valence-corrected chi connectivity index (χ2v) is 6.04. The van der Waals surface area contributed by atoms with Gasteiger partial charge in [-0.3, -0.25) is 0 Å². The van der Waals surface area contributed by atoms with Gasteiger partial charge in [-0.1, -0.05) is 42.5 Å². The number of fused-ring (bicyclic) bond motifs is 1. The Hall–Kier alpha value is -3.48. The van der Waals surface area contributed by atoms with Crippen LogP contribution in [0.15, 0.2) is 67.0 Å². The van der Waals surface area contributed by atoms with Gasteiger partial charge in [-0.15, -0.1) is 0 Å². The second-order valence-electron chi connectivity index (χ2n) is 6.04. The zero-order valence-corrected chi connectivity index (χ0v) is 14.8. The van der Waals surface area contributed by atoms with Crippen LogP contribution in [0.4, 0.5) is 10.2 Å². The molecule has 27 heavy (non-hydrogen) atoms. The SMILES string of the molecule is CN(CCOc1ccccc1F)c1cc(-c2ccccc2)nc2ncnn12. The lowest BCUT2D eigenvalue weighted by molar-refractivity contribution is 0.308. The summed E-state index contributed by atoms with van der Waals surface area (Å²) in [6, 6.07) is 18.2. The predicted molar refractivity (Wildman–Crippen MR) is 101 cm³/mol. The molecule has 0 saturated carbocycles. The van der Waals surface area contributed by atoms with Crippen LogP contribution in [0, 0.1) is 5.82 Å². The fourth-order valence-electron chi connectivity index (χ4n) is 2.79. The first-order valence-electron chi connectivity index (χ1n) is 8.57. The average molecular weight is 363 g/mol. The lowest BCUT2D eigenvalue weighted by Crippen LogP contribution is -2.26. The van der Waals surface area contributed by atoms with Gasteiger partial charge in [0.1, 0.15) is 18.8 Å². The molecule has 136 valence electrons. The maximum Gasteiger partial charge on any atom is 0.254 e. The molecule has 0 amide bonds. The minimum absolute atomic E-state index is 0.247. The van der Waals surface area contributed by atoms with E-state index in [-0.39, 0.29) is 11.6 Å². The molecule has 4 aromatic rings. The fraction of sp³-hybridized carbons (Fsp3) is 0.150. The summed E-state index contributed by atoms with van der Waals surface area (Å²) in [5, 5.41) is 4.26. The van der Waals surface area contributed by atoms with Crippen LogP contribution in [-0.2, 0) is 0 Å². The Bertz CT molecular complexity index is 1050. The standard InChI is InChI=1S/C20H18FN5O/c1-25(11-12-27-18-10-6-5-9-16(18)21)19-13-17(15-7-3-2-4-8-15)24-20-22-14-23-26(19)20/h2-10,13-14H,11-12H2,1H3. The van der Waals surface area contributed by atoms with Crippen molar-refractivity contribution >= 4 is 11.6 Å². The number of para-hydroxylation sites is 1. The van der Waals surface area contributed by atoms with E-state index in [9.17, 15) is 4.39 Å².